The Hall–Kier alpha value is -1.51. The lowest BCUT2D eigenvalue weighted by molar-refractivity contribution is -0.122. The Balaban J connectivity index is 1.50. The Morgan fingerprint density at radius 1 is 1.09 bits per heavy atom. The second-order valence-corrected chi connectivity index (χ2v) is 7.68. The molecule has 3 nitrogen and oxygen atoms in total. The number of hydrogen-bond acceptors (Lipinski definition) is 2. The minimum atomic E-state index is -0.0924. The van der Waals surface area contributed by atoms with Crippen molar-refractivity contribution in [3.63, 3.8) is 0 Å². The van der Waals surface area contributed by atoms with Gasteiger partial charge in [0.1, 0.15) is 5.75 Å². The molecule has 0 aromatic heterocycles. The summed E-state index contributed by atoms with van der Waals surface area (Å²) >= 11 is 0. The Morgan fingerprint density at radius 2 is 1.64 bits per heavy atom. The monoisotopic (exact) mass is 299 g/mol. The highest BCUT2D eigenvalue weighted by Crippen LogP contribution is 2.60. The molecule has 0 spiro atoms. The van der Waals surface area contributed by atoms with Gasteiger partial charge in [0.15, 0.2) is 6.61 Å². The molecule has 118 valence electrons. The fraction of sp³-hybridized carbons (Fsp3) is 0.632. The quantitative estimate of drug-likeness (QED) is 0.926. The molecular formula is C19H25NO2. The molecule has 0 atom stereocenters. The summed E-state index contributed by atoms with van der Waals surface area (Å²) in [6.07, 6.45) is 8.60. The largest absolute Gasteiger partial charge is 0.484 e. The molecule has 5 rings (SSSR count). The maximum atomic E-state index is 11.2. The number of carbonyl (C=O) groups is 1. The average Bonchev–Trinajstić information content (AvgIpc) is 2.51. The van der Waals surface area contributed by atoms with Crippen molar-refractivity contribution in [3.05, 3.63) is 29.8 Å². The Labute approximate surface area is 132 Å². The molecule has 1 amide bonds. The molecule has 0 unspecified atom stereocenters. The zero-order chi connectivity index (χ0) is 15.2. The van der Waals surface area contributed by atoms with E-state index >= 15 is 0 Å². The van der Waals surface area contributed by atoms with Crippen LogP contribution in [0.4, 0.5) is 0 Å². The van der Waals surface area contributed by atoms with Crippen LogP contribution in [0.1, 0.15) is 44.1 Å². The molecule has 4 aliphatic carbocycles. The minimum Gasteiger partial charge on any atom is -0.484 e. The van der Waals surface area contributed by atoms with E-state index in [1.807, 2.05) is 12.1 Å². The second kappa shape index (κ2) is 5.29. The molecule has 0 heterocycles. The molecule has 3 heteroatoms. The van der Waals surface area contributed by atoms with Gasteiger partial charge in [0.2, 0.25) is 0 Å². The molecule has 1 N–H and O–H groups in total. The van der Waals surface area contributed by atoms with Gasteiger partial charge in [-0.1, -0.05) is 12.1 Å². The maximum absolute atomic E-state index is 11.2. The van der Waals surface area contributed by atoms with Crippen molar-refractivity contribution in [1.82, 2.24) is 5.32 Å². The van der Waals surface area contributed by atoms with Gasteiger partial charge < -0.3 is 10.1 Å². The minimum absolute atomic E-state index is 0.0905. The van der Waals surface area contributed by atoms with E-state index in [1.54, 1.807) is 7.05 Å². The Bertz CT molecular complexity index is 528. The third-order valence-electron chi connectivity index (χ3n) is 6.15. The first-order chi connectivity index (χ1) is 10.7. The molecule has 4 bridgehead atoms. The molecule has 0 saturated heterocycles. The zero-order valence-electron chi connectivity index (χ0n) is 13.3. The van der Waals surface area contributed by atoms with Crippen LogP contribution < -0.4 is 10.1 Å². The normalized spacial score (nSPS) is 35.4. The van der Waals surface area contributed by atoms with Gasteiger partial charge in [-0.15, -0.1) is 0 Å². The lowest BCUT2D eigenvalue weighted by Gasteiger charge is -2.57. The van der Waals surface area contributed by atoms with Gasteiger partial charge in [-0.25, -0.2) is 0 Å². The van der Waals surface area contributed by atoms with E-state index in [-0.39, 0.29) is 12.5 Å². The predicted octanol–water partition coefficient (Wildman–Crippen LogP) is 3.28. The fourth-order valence-corrected chi connectivity index (χ4v) is 5.59. The van der Waals surface area contributed by atoms with Crippen molar-refractivity contribution in [2.24, 2.45) is 17.8 Å². The lowest BCUT2D eigenvalue weighted by atomic mass is 9.48. The summed E-state index contributed by atoms with van der Waals surface area (Å²) < 4.78 is 5.52. The smallest absolute Gasteiger partial charge is 0.257 e. The van der Waals surface area contributed by atoms with Crippen LogP contribution in [-0.4, -0.2) is 19.6 Å². The third-order valence-corrected chi connectivity index (χ3v) is 6.15. The second-order valence-electron chi connectivity index (χ2n) is 7.68. The van der Waals surface area contributed by atoms with Gasteiger partial charge in [0.05, 0.1) is 0 Å². The predicted molar refractivity (Wildman–Crippen MR) is 85.9 cm³/mol. The van der Waals surface area contributed by atoms with Crippen molar-refractivity contribution >= 4 is 5.91 Å². The van der Waals surface area contributed by atoms with Crippen molar-refractivity contribution < 1.29 is 9.53 Å². The molecular weight excluding hydrogens is 274 g/mol. The number of benzene rings is 1. The molecule has 0 aliphatic heterocycles. The van der Waals surface area contributed by atoms with Crippen LogP contribution in [0.3, 0.4) is 0 Å². The summed E-state index contributed by atoms with van der Waals surface area (Å²) in [6, 6.07) is 8.56. The van der Waals surface area contributed by atoms with E-state index in [0.717, 1.165) is 23.5 Å². The van der Waals surface area contributed by atoms with Crippen LogP contribution in [0.5, 0.6) is 5.75 Å². The summed E-state index contributed by atoms with van der Waals surface area (Å²) in [6.45, 7) is 0.0905. The van der Waals surface area contributed by atoms with Crippen LogP contribution in [0.15, 0.2) is 24.3 Å². The fourth-order valence-electron chi connectivity index (χ4n) is 5.59. The van der Waals surface area contributed by atoms with Gasteiger partial charge in [-0.3, -0.25) is 4.79 Å². The first kappa shape index (κ1) is 14.1. The topological polar surface area (TPSA) is 38.3 Å². The third kappa shape index (κ3) is 2.41. The van der Waals surface area contributed by atoms with Crippen molar-refractivity contribution in [2.45, 2.75) is 43.9 Å². The van der Waals surface area contributed by atoms with Crippen LogP contribution >= 0.6 is 0 Å². The molecule has 4 saturated carbocycles. The lowest BCUT2D eigenvalue weighted by Crippen LogP contribution is -2.48. The summed E-state index contributed by atoms with van der Waals surface area (Å²) in [5.74, 6) is 3.60. The van der Waals surface area contributed by atoms with E-state index < -0.39 is 0 Å². The van der Waals surface area contributed by atoms with E-state index in [1.165, 1.54) is 44.1 Å². The van der Waals surface area contributed by atoms with Crippen LogP contribution in [0.25, 0.3) is 0 Å². The van der Waals surface area contributed by atoms with Crippen molar-refractivity contribution in [2.75, 3.05) is 13.7 Å². The Kier molecular flexibility index (Phi) is 3.39. The number of hydrogen-bond donors (Lipinski definition) is 1. The zero-order valence-corrected chi connectivity index (χ0v) is 13.3. The molecule has 22 heavy (non-hydrogen) atoms. The van der Waals surface area contributed by atoms with Crippen molar-refractivity contribution in [1.29, 1.82) is 0 Å². The highest BCUT2D eigenvalue weighted by atomic mass is 16.5. The Morgan fingerprint density at radius 3 is 2.14 bits per heavy atom. The molecule has 4 fully saturated rings. The average molecular weight is 299 g/mol. The highest BCUT2D eigenvalue weighted by Gasteiger charge is 2.51. The molecule has 0 radical (unpaired) electrons. The van der Waals surface area contributed by atoms with Gasteiger partial charge in [-0.2, -0.15) is 0 Å². The molecule has 4 aliphatic rings. The van der Waals surface area contributed by atoms with Crippen LogP contribution in [-0.2, 0) is 10.2 Å². The summed E-state index contributed by atoms with van der Waals surface area (Å²) in [7, 11) is 1.63. The van der Waals surface area contributed by atoms with E-state index in [0.29, 0.717) is 5.41 Å². The van der Waals surface area contributed by atoms with Crippen molar-refractivity contribution in [3.8, 4) is 5.75 Å². The number of ether oxygens (including phenoxy) is 1. The van der Waals surface area contributed by atoms with E-state index in [4.69, 9.17) is 4.74 Å². The number of rotatable bonds is 4. The van der Waals surface area contributed by atoms with E-state index in [2.05, 4.69) is 17.4 Å². The van der Waals surface area contributed by atoms with Gasteiger partial charge in [0, 0.05) is 7.05 Å². The van der Waals surface area contributed by atoms with Gasteiger partial charge >= 0.3 is 0 Å². The number of likely N-dealkylation sites (N-methyl/N-ethyl adjacent to an activating group) is 1. The van der Waals surface area contributed by atoms with Gasteiger partial charge in [0.25, 0.3) is 5.91 Å². The first-order valence-corrected chi connectivity index (χ1v) is 8.61. The number of carbonyl (C=O) groups excluding carboxylic acids is 1. The SMILES string of the molecule is CNC(=O)COc1ccc(C23CC4CC(CC(C4)C2)C3)cc1. The molecule has 1 aromatic rings. The van der Waals surface area contributed by atoms with E-state index in [9.17, 15) is 4.79 Å². The summed E-state index contributed by atoms with van der Waals surface area (Å²) in [5.41, 5.74) is 1.94. The summed E-state index contributed by atoms with van der Waals surface area (Å²) in [4.78, 5) is 11.2. The highest BCUT2D eigenvalue weighted by molar-refractivity contribution is 5.77. The maximum Gasteiger partial charge on any atom is 0.257 e. The van der Waals surface area contributed by atoms with Crippen LogP contribution in [0.2, 0.25) is 0 Å². The van der Waals surface area contributed by atoms with Crippen LogP contribution in [0, 0.1) is 17.8 Å². The summed E-state index contributed by atoms with van der Waals surface area (Å²) in [5, 5.41) is 2.57. The van der Waals surface area contributed by atoms with Gasteiger partial charge in [-0.05, 0) is 79.4 Å². The first-order valence-electron chi connectivity index (χ1n) is 8.61. The standard InChI is InChI=1S/C19H25NO2/c1-20-18(21)12-22-17-4-2-16(3-5-17)19-9-13-6-14(10-19)8-15(7-13)11-19/h2-5,13-15H,6-12H2,1H3,(H,20,21). The number of amides is 1. The number of nitrogens with one attached hydrogen (secondary N) is 1. The molecule has 1 aromatic carbocycles.